The number of unbranched alkanes of at least 4 members (excludes halogenated alkanes) is 8. The van der Waals surface area contributed by atoms with E-state index in [0.29, 0.717) is 61.7 Å². The van der Waals surface area contributed by atoms with E-state index < -0.39 is 55.8 Å². The second-order valence-electron chi connectivity index (χ2n) is 14.4. The molecule has 296 valence electrons. The molecular weight excluding hydrogens is 772 g/mol. The second-order valence-corrected chi connectivity index (χ2v) is 16.2. The average molecular weight is 807 g/mol. The molecule has 0 saturated heterocycles. The molecule has 5 aromatic carbocycles. The quantitative estimate of drug-likeness (QED) is 0.0269. The summed E-state index contributed by atoms with van der Waals surface area (Å²) in [6, 6.07) is 11.7. The van der Waals surface area contributed by atoms with E-state index in [9.17, 15) is 54.5 Å². The van der Waals surface area contributed by atoms with E-state index in [4.69, 9.17) is 9.79 Å². The highest BCUT2D eigenvalue weighted by Gasteiger charge is 2.73. The number of rotatable bonds is 15. The number of carbonyl (C=O) groups is 4. The van der Waals surface area contributed by atoms with E-state index in [0.717, 1.165) is 44.9 Å². The first kappa shape index (κ1) is 39.6. The summed E-state index contributed by atoms with van der Waals surface area (Å²) in [5.74, 6) is -16.2. The van der Waals surface area contributed by atoms with Crippen molar-refractivity contribution < 1.29 is 64.3 Å². The maximum Gasteiger partial charge on any atom is 0.459 e. The molecule has 0 radical (unpaired) electrons. The SMILES string of the molecule is O=C1c2ccc3c4ccc5c6c(ccc(c7ccc(c2c37)C(=O)N1CCCCCCCCCCCP(=O)(O)O)c64)C(=O)N(CC(F)(F)C(F)(F)C(F)(F)F)C5=O. The molecule has 56 heavy (non-hydrogen) atoms. The van der Waals surface area contributed by atoms with E-state index in [1.807, 2.05) is 0 Å². The molecule has 2 heterocycles. The van der Waals surface area contributed by atoms with Crippen LogP contribution in [0.3, 0.4) is 0 Å². The molecule has 7 rings (SSSR count). The number of halogens is 7. The first-order valence-electron chi connectivity index (χ1n) is 18.1. The van der Waals surface area contributed by atoms with Gasteiger partial charge in [0.25, 0.3) is 23.6 Å². The Bertz CT molecular complexity index is 2380. The number of benzene rings is 5. The minimum atomic E-state index is -6.65. The van der Waals surface area contributed by atoms with Crippen LogP contribution >= 0.6 is 7.60 Å². The van der Waals surface area contributed by atoms with Crippen molar-refractivity contribution in [1.82, 2.24) is 9.80 Å². The molecule has 0 aromatic heterocycles. The minimum Gasteiger partial charge on any atom is -0.324 e. The van der Waals surface area contributed by atoms with Crippen molar-refractivity contribution in [3.8, 4) is 0 Å². The van der Waals surface area contributed by atoms with Crippen molar-refractivity contribution in [3.05, 3.63) is 70.8 Å². The van der Waals surface area contributed by atoms with Gasteiger partial charge in [-0.25, -0.2) is 0 Å². The van der Waals surface area contributed by atoms with Crippen LogP contribution in [0, 0.1) is 0 Å². The number of nitrogens with zero attached hydrogens (tertiary/aromatic N) is 2. The van der Waals surface area contributed by atoms with Gasteiger partial charge in [0.1, 0.15) is 0 Å². The minimum absolute atomic E-state index is 0.00713. The van der Waals surface area contributed by atoms with Crippen molar-refractivity contribution in [2.24, 2.45) is 0 Å². The van der Waals surface area contributed by atoms with Crippen LogP contribution in [-0.4, -0.2) is 80.5 Å². The number of fused-ring (bicyclic) bond motifs is 2. The van der Waals surface area contributed by atoms with Gasteiger partial charge < -0.3 is 9.79 Å². The van der Waals surface area contributed by atoms with Gasteiger partial charge >= 0.3 is 25.6 Å². The van der Waals surface area contributed by atoms with Crippen LogP contribution in [0.4, 0.5) is 30.7 Å². The molecule has 0 saturated carbocycles. The first-order chi connectivity index (χ1) is 26.3. The number of hydrogen-bond donors (Lipinski definition) is 2. The second kappa shape index (κ2) is 14.1. The highest BCUT2D eigenvalue weighted by atomic mass is 31.2. The molecule has 0 bridgehead atoms. The summed E-state index contributed by atoms with van der Waals surface area (Å²) in [6.07, 6.45) is 0.501. The van der Waals surface area contributed by atoms with E-state index in [-0.39, 0.29) is 34.1 Å². The van der Waals surface area contributed by atoms with E-state index in [2.05, 4.69) is 0 Å². The van der Waals surface area contributed by atoms with Crippen LogP contribution in [0.2, 0.25) is 0 Å². The van der Waals surface area contributed by atoms with Crippen molar-refractivity contribution in [2.75, 3.05) is 19.3 Å². The molecule has 2 aliphatic heterocycles. The Balaban J connectivity index is 1.13. The highest BCUT2D eigenvalue weighted by Crippen LogP contribution is 2.49. The lowest BCUT2D eigenvalue weighted by Gasteiger charge is -2.34. The number of amides is 4. The molecule has 0 spiro atoms. The van der Waals surface area contributed by atoms with Crippen LogP contribution in [0.25, 0.3) is 43.1 Å². The lowest BCUT2D eigenvalue weighted by Crippen LogP contribution is -2.59. The summed E-state index contributed by atoms with van der Waals surface area (Å²) < 4.78 is 106. The maximum absolute atomic E-state index is 14.5. The molecule has 17 heteroatoms. The zero-order valence-electron chi connectivity index (χ0n) is 29.5. The molecule has 0 atom stereocenters. The normalized spacial score (nSPS) is 15.5. The fourth-order valence-electron chi connectivity index (χ4n) is 8.04. The van der Waals surface area contributed by atoms with Gasteiger partial charge in [-0.2, -0.15) is 30.7 Å². The van der Waals surface area contributed by atoms with Crippen LogP contribution < -0.4 is 0 Å². The molecule has 2 aliphatic rings. The molecule has 5 aromatic rings. The van der Waals surface area contributed by atoms with E-state index >= 15 is 0 Å². The molecule has 0 fully saturated rings. The lowest BCUT2D eigenvalue weighted by atomic mass is 9.82. The summed E-state index contributed by atoms with van der Waals surface area (Å²) in [7, 11) is -3.96. The van der Waals surface area contributed by atoms with Crippen molar-refractivity contribution in [2.45, 2.75) is 75.8 Å². The Labute approximate surface area is 313 Å². The Hall–Kier alpha value is -4.66. The molecule has 0 aliphatic carbocycles. The third kappa shape index (κ3) is 6.48. The van der Waals surface area contributed by atoms with Gasteiger partial charge in [0.05, 0.1) is 6.54 Å². The number of carbonyl (C=O) groups excluding carboxylic acids is 4. The molecule has 4 amide bonds. The summed E-state index contributed by atoms with van der Waals surface area (Å²) in [5, 5.41) is 3.30. The number of imide groups is 2. The summed E-state index contributed by atoms with van der Waals surface area (Å²) in [6.45, 7) is -2.31. The predicted octanol–water partition coefficient (Wildman–Crippen LogP) is 9.45. The summed E-state index contributed by atoms with van der Waals surface area (Å²) in [4.78, 5) is 73.3. The van der Waals surface area contributed by atoms with Crippen LogP contribution in [-0.2, 0) is 4.57 Å². The standard InChI is InChI=1S/C39H34F7N2O7P/c40-37(41,38(42,43)39(44,45)46)20-48-35(51)27-16-12-23-21-10-14-25-31-26(15-11-22(29(21)31)24-13-17-28(36(48)52)32(27)30(23)24)34(50)47(33(25)49)18-8-6-4-2-1-3-5-7-9-19-56(53,54)55/h10-17H,1-9,18-20H2,(H2,53,54,55). The Kier molecular flexibility index (Phi) is 9.94. The molecule has 2 N–H and O–H groups in total. The highest BCUT2D eigenvalue weighted by molar-refractivity contribution is 7.51. The maximum atomic E-state index is 14.5. The predicted molar refractivity (Wildman–Crippen MR) is 193 cm³/mol. The largest absolute Gasteiger partial charge is 0.459 e. The van der Waals surface area contributed by atoms with E-state index in [1.165, 1.54) is 29.2 Å². The summed E-state index contributed by atoms with van der Waals surface area (Å²) in [5.41, 5.74) is -0.106. The molecule has 0 unspecified atom stereocenters. The lowest BCUT2D eigenvalue weighted by molar-refractivity contribution is -0.354. The van der Waals surface area contributed by atoms with Gasteiger partial charge in [0.15, 0.2) is 0 Å². The van der Waals surface area contributed by atoms with Crippen LogP contribution in [0.15, 0.2) is 48.5 Å². The Morgan fingerprint density at radius 2 is 0.821 bits per heavy atom. The van der Waals surface area contributed by atoms with Crippen LogP contribution in [0.1, 0.15) is 99.2 Å². The molecular formula is C39H34F7N2O7P. The average Bonchev–Trinajstić information content (AvgIpc) is 3.13. The molecule has 9 nitrogen and oxygen atoms in total. The third-order valence-corrected chi connectivity index (χ3v) is 11.7. The van der Waals surface area contributed by atoms with Crippen molar-refractivity contribution >= 4 is 74.3 Å². The fourth-order valence-corrected chi connectivity index (χ4v) is 8.68. The van der Waals surface area contributed by atoms with Gasteiger partial charge in [-0.15, -0.1) is 0 Å². The van der Waals surface area contributed by atoms with E-state index in [1.54, 1.807) is 24.3 Å². The van der Waals surface area contributed by atoms with Gasteiger partial charge in [-0.3, -0.25) is 33.5 Å². The number of alkyl halides is 7. The summed E-state index contributed by atoms with van der Waals surface area (Å²) >= 11 is 0. The fraction of sp³-hybridized carbons (Fsp3) is 0.385. The monoisotopic (exact) mass is 806 g/mol. The van der Waals surface area contributed by atoms with Gasteiger partial charge in [-0.05, 0) is 69.4 Å². The smallest absolute Gasteiger partial charge is 0.324 e. The third-order valence-electron chi connectivity index (χ3n) is 10.8. The van der Waals surface area contributed by atoms with Gasteiger partial charge in [0.2, 0.25) is 0 Å². The number of hydrogen-bond acceptors (Lipinski definition) is 5. The first-order valence-corrected chi connectivity index (χ1v) is 19.9. The Morgan fingerprint density at radius 1 is 0.482 bits per heavy atom. The van der Waals surface area contributed by atoms with Crippen molar-refractivity contribution in [3.63, 3.8) is 0 Å². The van der Waals surface area contributed by atoms with Crippen LogP contribution in [0.5, 0.6) is 0 Å². The van der Waals surface area contributed by atoms with Gasteiger partial charge in [-0.1, -0.05) is 69.2 Å². The van der Waals surface area contributed by atoms with Gasteiger partial charge in [0, 0.05) is 45.7 Å². The van der Waals surface area contributed by atoms with Crippen molar-refractivity contribution in [1.29, 1.82) is 0 Å². The zero-order valence-corrected chi connectivity index (χ0v) is 30.4. The Morgan fingerprint density at radius 3 is 1.18 bits per heavy atom. The zero-order chi connectivity index (χ0) is 40.5. The topological polar surface area (TPSA) is 132 Å².